The van der Waals surface area contributed by atoms with E-state index in [9.17, 15) is 4.79 Å². The van der Waals surface area contributed by atoms with Gasteiger partial charge in [0.2, 0.25) is 5.91 Å². The van der Waals surface area contributed by atoms with Gasteiger partial charge < -0.3 is 15.1 Å². The average molecular weight is 469 g/mol. The quantitative estimate of drug-likeness (QED) is 0.622. The van der Waals surface area contributed by atoms with Crippen LogP contribution in [-0.4, -0.2) is 59.5 Å². The monoisotopic (exact) mass is 468 g/mol. The van der Waals surface area contributed by atoms with E-state index in [1.807, 2.05) is 19.3 Å². The topological polar surface area (TPSA) is 64.6 Å². The lowest BCUT2D eigenvalue weighted by Gasteiger charge is -2.40. The Morgan fingerprint density at radius 3 is 2.49 bits per heavy atom. The maximum absolute atomic E-state index is 12.6. The fourth-order valence-corrected chi connectivity index (χ4v) is 5.51. The maximum Gasteiger partial charge on any atom is 0.247 e. The molecule has 180 valence electrons. The zero-order chi connectivity index (χ0) is 23.8. The van der Waals surface area contributed by atoms with Gasteiger partial charge in [-0.1, -0.05) is 18.2 Å². The Balaban J connectivity index is 1.07. The van der Waals surface area contributed by atoms with Gasteiger partial charge in [0.05, 0.1) is 5.69 Å². The molecule has 2 saturated heterocycles. The predicted molar refractivity (Wildman–Crippen MR) is 140 cm³/mol. The van der Waals surface area contributed by atoms with Gasteiger partial charge in [-0.15, -0.1) is 0 Å². The highest BCUT2D eigenvalue weighted by Crippen LogP contribution is 2.35. The number of piperazine rings is 1. The molecule has 3 aliphatic heterocycles. The van der Waals surface area contributed by atoms with Gasteiger partial charge in [0.15, 0.2) is 5.82 Å². The molecule has 7 nitrogen and oxygen atoms in total. The van der Waals surface area contributed by atoms with E-state index in [2.05, 4.69) is 67.5 Å². The third kappa shape index (κ3) is 4.48. The molecule has 2 aromatic heterocycles. The van der Waals surface area contributed by atoms with Gasteiger partial charge in [0.1, 0.15) is 6.04 Å². The van der Waals surface area contributed by atoms with Crippen LogP contribution in [0.2, 0.25) is 0 Å². The van der Waals surface area contributed by atoms with Gasteiger partial charge in [0, 0.05) is 68.6 Å². The molecule has 1 amide bonds. The van der Waals surface area contributed by atoms with Crippen molar-refractivity contribution in [3.8, 4) is 11.1 Å². The first-order chi connectivity index (χ1) is 17.1. The van der Waals surface area contributed by atoms with Crippen LogP contribution >= 0.6 is 0 Å². The van der Waals surface area contributed by atoms with E-state index < -0.39 is 0 Å². The zero-order valence-electron chi connectivity index (χ0n) is 20.3. The number of nitrogens with zero attached hydrogens (tertiary/aromatic N) is 5. The highest BCUT2D eigenvalue weighted by molar-refractivity contribution is 6.02. The number of carbonyl (C=O) groups excluding carboxylic acids is 1. The lowest BCUT2D eigenvalue weighted by Crippen LogP contribution is -2.51. The highest BCUT2D eigenvalue weighted by Gasteiger charge is 2.35. The molecule has 3 aliphatic rings. The number of rotatable bonds is 4. The van der Waals surface area contributed by atoms with Gasteiger partial charge in [-0.3, -0.25) is 14.7 Å². The average Bonchev–Trinajstić information content (AvgIpc) is 2.90. The largest absolute Gasteiger partial charge is 0.369 e. The van der Waals surface area contributed by atoms with Crippen LogP contribution in [0.1, 0.15) is 30.5 Å². The number of nitrogens with one attached hydrogen (secondary N) is 1. The van der Waals surface area contributed by atoms with Crippen LogP contribution in [0.5, 0.6) is 0 Å². The Morgan fingerprint density at radius 1 is 0.914 bits per heavy atom. The highest BCUT2D eigenvalue weighted by atomic mass is 16.2. The maximum atomic E-state index is 12.6. The molecule has 5 heterocycles. The number of pyridine rings is 2. The molecule has 1 N–H and O–H groups in total. The normalized spacial score (nSPS) is 20.3. The van der Waals surface area contributed by atoms with Crippen molar-refractivity contribution >= 4 is 23.1 Å². The Bertz CT molecular complexity index is 1200. The summed E-state index contributed by atoms with van der Waals surface area (Å²) in [6, 6.07) is 15.1. The zero-order valence-corrected chi connectivity index (χ0v) is 20.3. The second kappa shape index (κ2) is 9.30. The number of hydrogen-bond donors (Lipinski definition) is 1. The van der Waals surface area contributed by atoms with E-state index in [4.69, 9.17) is 4.98 Å². The lowest BCUT2D eigenvalue weighted by molar-refractivity contribution is -0.118. The number of carbonyl (C=O) groups is 1. The minimum atomic E-state index is -0.0506. The van der Waals surface area contributed by atoms with Crippen molar-refractivity contribution in [1.82, 2.24) is 14.9 Å². The van der Waals surface area contributed by atoms with Crippen LogP contribution in [0.4, 0.5) is 17.2 Å². The Hall–Kier alpha value is -3.45. The molecule has 0 spiro atoms. The number of anilines is 3. The summed E-state index contributed by atoms with van der Waals surface area (Å²) in [5, 5.41) is 3.11. The molecule has 0 saturated carbocycles. The van der Waals surface area contributed by atoms with Gasteiger partial charge in [-0.2, -0.15) is 0 Å². The summed E-state index contributed by atoms with van der Waals surface area (Å²) in [5.41, 5.74) is 6.68. The van der Waals surface area contributed by atoms with Gasteiger partial charge in [0.25, 0.3) is 0 Å². The molecular weight excluding hydrogens is 436 g/mol. The van der Waals surface area contributed by atoms with Crippen molar-refractivity contribution in [3.63, 3.8) is 0 Å². The number of aryl methyl sites for hydroxylation is 1. The van der Waals surface area contributed by atoms with Crippen molar-refractivity contribution in [2.45, 2.75) is 38.8 Å². The Labute approximate surface area is 206 Å². The Kier molecular flexibility index (Phi) is 5.86. The summed E-state index contributed by atoms with van der Waals surface area (Å²) in [6.45, 7) is 7.78. The molecule has 1 atom stereocenters. The number of aromatic nitrogens is 2. The first-order valence-corrected chi connectivity index (χ1v) is 12.7. The molecule has 2 fully saturated rings. The second-order valence-corrected chi connectivity index (χ2v) is 9.91. The summed E-state index contributed by atoms with van der Waals surface area (Å²) in [4.78, 5) is 28.9. The van der Waals surface area contributed by atoms with Gasteiger partial charge in [-0.25, -0.2) is 4.98 Å². The fraction of sp³-hybridized carbons (Fsp3) is 0.393. The Morgan fingerprint density at radius 2 is 1.71 bits per heavy atom. The number of piperidine rings is 1. The SMILES string of the molecule is Cc1ccc(-c2ccc(N3CCN(Cc4cnc5c(c4)NC(=O)[C@@H]4CCCCN54)CC3)cc2)cn1. The lowest BCUT2D eigenvalue weighted by atomic mass is 9.99. The second-order valence-electron chi connectivity index (χ2n) is 9.91. The van der Waals surface area contributed by atoms with Crippen molar-refractivity contribution in [3.05, 3.63) is 66.1 Å². The number of benzene rings is 1. The molecule has 0 bridgehead atoms. The van der Waals surface area contributed by atoms with Crippen molar-refractivity contribution in [1.29, 1.82) is 0 Å². The van der Waals surface area contributed by atoms with E-state index in [0.29, 0.717) is 0 Å². The summed E-state index contributed by atoms with van der Waals surface area (Å²) < 4.78 is 0. The molecule has 3 aromatic rings. The van der Waals surface area contributed by atoms with Crippen LogP contribution in [0.25, 0.3) is 11.1 Å². The molecule has 7 heteroatoms. The van der Waals surface area contributed by atoms with Crippen LogP contribution in [0, 0.1) is 6.92 Å². The molecule has 35 heavy (non-hydrogen) atoms. The van der Waals surface area contributed by atoms with Crippen molar-refractivity contribution in [2.75, 3.05) is 47.8 Å². The number of hydrogen-bond acceptors (Lipinski definition) is 6. The summed E-state index contributed by atoms with van der Waals surface area (Å²) >= 11 is 0. The first kappa shape index (κ1) is 22.0. The number of fused-ring (bicyclic) bond motifs is 3. The van der Waals surface area contributed by atoms with E-state index in [-0.39, 0.29) is 11.9 Å². The summed E-state index contributed by atoms with van der Waals surface area (Å²) in [6.07, 6.45) is 7.10. The van der Waals surface area contributed by atoms with Crippen LogP contribution in [0.3, 0.4) is 0 Å². The molecule has 0 unspecified atom stereocenters. The van der Waals surface area contributed by atoms with Crippen molar-refractivity contribution < 1.29 is 4.79 Å². The first-order valence-electron chi connectivity index (χ1n) is 12.7. The molecular formula is C28H32N6O. The van der Waals surface area contributed by atoms with Crippen LogP contribution < -0.4 is 15.1 Å². The summed E-state index contributed by atoms with van der Waals surface area (Å²) in [5.74, 6) is 1.06. The molecule has 6 rings (SSSR count). The van der Waals surface area contributed by atoms with E-state index >= 15 is 0 Å². The number of amides is 1. The van der Waals surface area contributed by atoms with Crippen LogP contribution in [-0.2, 0) is 11.3 Å². The van der Waals surface area contributed by atoms with E-state index in [1.165, 1.54) is 11.3 Å². The van der Waals surface area contributed by atoms with E-state index in [1.54, 1.807) is 0 Å². The third-order valence-electron chi connectivity index (χ3n) is 7.51. The molecule has 0 aliphatic carbocycles. The summed E-state index contributed by atoms with van der Waals surface area (Å²) in [7, 11) is 0. The molecule has 0 radical (unpaired) electrons. The minimum Gasteiger partial charge on any atom is -0.369 e. The fourth-order valence-electron chi connectivity index (χ4n) is 5.51. The molecule has 1 aromatic carbocycles. The standard InChI is InChI=1S/C28H32N6O/c1-20-5-6-23(18-29-20)22-7-9-24(10-8-22)33-14-12-32(13-15-33)19-21-16-25-27(30-17-21)34-11-3-2-4-26(34)28(35)31-25/h5-10,16-18,26H,2-4,11-15,19H2,1H3,(H,31,35)/t26-/m0/s1. The van der Waals surface area contributed by atoms with Crippen molar-refractivity contribution in [2.24, 2.45) is 0 Å². The van der Waals surface area contributed by atoms with Gasteiger partial charge >= 0.3 is 0 Å². The third-order valence-corrected chi connectivity index (χ3v) is 7.51. The predicted octanol–water partition coefficient (Wildman–Crippen LogP) is 4.09. The minimum absolute atomic E-state index is 0.0506. The van der Waals surface area contributed by atoms with Crippen LogP contribution in [0.15, 0.2) is 54.9 Å². The van der Waals surface area contributed by atoms with Gasteiger partial charge in [-0.05, 0) is 61.6 Å². The smallest absolute Gasteiger partial charge is 0.247 e. The van der Waals surface area contributed by atoms with E-state index in [0.717, 1.165) is 86.9 Å².